The molecule has 3 aliphatic heterocycles. The van der Waals surface area contributed by atoms with Gasteiger partial charge in [0.25, 0.3) is 5.91 Å². The Morgan fingerprint density at radius 2 is 1.74 bits per heavy atom. The van der Waals surface area contributed by atoms with Crippen molar-refractivity contribution in [3.05, 3.63) is 29.8 Å². The number of carbonyl (C=O) groups is 4. The summed E-state index contributed by atoms with van der Waals surface area (Å²) in [6.45, 7) is 4.90. The zero-order valence-corrected chi connectivity index (χ0v) is 17.9. The van der Waals surface area contributed by atoms with Crippen LogP contribution in [0.1, 0.15) is 49.4 Å². The Morgan fingerprint density at radius 1 is 1.03 bits per heavy atom. The van der Waals surface area contributed by atoms with Gasteiger partial charge in [-0.2, -0.15) is 0 Å². The normalized spacial score (nSPS) is 24.7. The van der Waals surface area contributed by atoms with Gasteiger partial charge in [0.05, 0.1) is 36.2 Å². The molecule has 2 atom stereocenters. The van der Waals surface area contributed by atoms with Gasteiger partial charge in [-0.1, -0.05) is 0 Å². The fourth-order valence-electron chi connectivity index (χ4n) is 4.82. The van der Waals surface area contributed by atoms with E-state index in [2.05, 4.69) is 0 Å². The lowest BCUT2D eigenvalue weighted by molar-refractivity contribution is -0.137. The number of nitrogens with zero attached hydrogens (tertiary/aromatic N) is 3. The molecule has 0 N–H and O–H groups in total. The van der Waals surface area contributed by atoms with E-state index in [4.69, 9.17) is 4.74 Å². The molecular weight excluding hydrogens is 398 g/mol. The molecule has 0 spiro atoms. The third-order valence-electron chi connectivity index (χ3n) is 6.42. The minimum Gasteiger partial charge on any atom is -0.462 e. The molecule has 3 saturated heterocycles. The molecule has 3 heterocycles. The van der Waals surface area contributed by atoms with Crippen molar-refractivity contribution in [3.8, 4) is 0 Å². The number of likely N-dealkylation sites (tertiary alicyclic amines) is 2. The van der Waals surface area contributed by atoms with Gasteiger partial charge in [0, 0.05) is 19.6 Å². The first-order valence-corrected chi connectivity index (χ1v) is 11.2. The quantitative estimate of drug-likeness (QED) is 0.526. The van der Waals surface area contributed by atoms with Gasteiger partial charge in [0.15, 0.2) is 0 Å². The molecule has 8 heteroatoms. The number of hydrogen-bond acceptors (Lipinski definition) is 6. The lowest BCUT2D eigenvalue weighted by atomic mass is 9.95. The number of benzene rings is 1. The van der Waals surface area contributed by atoms with Crippen LogP contribution in [0.5, 0.6) is 0 Å². The maximum atomic E-state index is 13.1. The third-order valence-corrected chi connectivity index (χ3v) is 6.42. The smallest absolute Gasteiger partial charge is 0.338 e. The topological polar surface area (TPSA) is 87.2 Å². The number of imide groups is 1. The summed E-state index contributed by atoms with van der Waals surface area (Å²) < 4.78 is 4.97. The molecule has 1 aromatic carbocycles. The Labute approximate surface area is 182 Å². The van der Waals surface area contributed by atoms with Crippen molar-refractivity contribution >= 4 is 29.4 Å². The minimum absolute atomic E-state index is 0.104. The van der Waals surface area contributed by atoms with E-state index in [1.807, 2.05) is 9.80 Å². The second-order valence-electron chi connectivity index (χ2n) is 8.42. The molecule has 1 aromatic rings. The van der Waals surface area contributed by atoms with E-state index < -0.39 is 12.0 Å². The van der Waals surface area contributed by atoms with Gasteiger partial charge in [-0.15, -0.1) is 0 Å². The van der Waals surface area contributed by atoms with E-state index in [1.54, 1.807) is 31.2 Å². The maximum Gasteiger partial charge on any atom is 0.338 e. The first kappa shape index (κ1) is 21.5. The van der Waals surface area contributed by atoms with E-state index in [1.165, 1.54) is 4.90 Å². The molecule has 0 aliphatic carbocycles. The van der Waals surface area contributed by atoms with Crippen LogP contribution in [-0.2, 0) is 19.1 Å². The molecule has 31 heavy (non-hydrogen) atoms. The van der Waals surface area contributed by atoms with Crippen molar-refractivity contribution < 1.29 is 23.9 Å². The average Bonchev–Trinajstić information content (AvgIpc) is 3.42. The van der Waals surface area contributed by atoms with Crippen LogP contribution in [0.25, 0.3) is 0 Å². The summed E-state index contributed by atoms with van der Waals surface area (Å²) in [6.07, 6.45) is 3.91. The van der Waals surface area contributed by atoms with E-state index in [0.717, 1.165) is 38.8 Å². The molecule has 2 unspecified atom stereocenters. The van der Waals surface area contributed by atoms with Crippen LogP contribution >= 0.6 is 0 Å². The van der Waals surface area contributed by atoms with Crippen LogP contribution in [-0.4, -0.2) is 72.3 Å². The summed E-state index contributed by atoms with van der Waals surface area (Å²) in [5, 5.41) is 0. The van der Waals surface area contributed by atoms with Crippen molar-refractivity contribution in [3.63, 3.8) is 0 Å². The zero-order chi connectivity index (χ0) is 22.0. The first-order chi connectivity index (χ1) is 15.0. The number of rotatable bonds is 5. The highest BCUT2D eigenvalue weighted by molar-refractivity contribution is 6.22. The van der Waals surface area contributed by atoms with Crippen LogP contribution in [0.15, 0.2) is 24.3 Å². The van der Waals surface area contributed by atoms with Gasteiger partial charge >= 0.3 is 5.97 Å². The van der Waals surface area contributed by atoms with Gasteiger partial charge in [-0.05, 0) is 63.4 Å². The van der Waals surface area contributed by atoms with Crippen molar-refractivity contribution in [2.45, 2.75) is 45.1 Å². The predicted octanol–water partition coefficient (Wildman–Crippen LogP) is 1.83. The predicted molar refractivity (Wildman–Crippen MR) is 113 cm³/mol. The monoisotopic (exact) mass is 427 g/mol. The molecule has 4 rings (SSSR count). The Hall–Kier alpha value is -2.74. The number of anilines is 1. The van der Waals surface area contributed by atoms with Crippen molar-refractivity contribution in [1.82, 2.24) is 9.80 Å². The highest BCUT2D eigenvalue weighted by atomic mass is 16.5. The molecule has 3 amide bonds. The first-order valence-electron chi connectivity index (χ1n) is 11.2. The average molecular weight is 428 g/mol. The number of esters is 1. The van der Waals surface area contributed by atoms with Crippen molar-refractivity contribution in [1.29, 1.82) is 0 Å². The van der Waals surface area contributed by atoms with Crippen LogP contribution in [0.3, 0.4) is 0 Å². The molecular formula is C23H29N3O5. The lowest BCUT2D eigenvalue weighted by Crippen LogP contribution is -2.50. The summed E-state index contributed by atoms with van der Waals surface area (Å²) in [5.74, 6) is -0.874. The van der Waals surface area contributed by atoms with Crippen LogP contribution < -0.4 is 4.90 Å². The maximum absolute atomic E-state index is 13.1. The molecule has 166 valence electrons. The number of ether oxygens (including phenoxy) is 1. The van der Waals surface area contributed by atoms with Crippen LogP contribution in [0, 0.1) is 5.92 Å². The summed E-state index contributed by atoms with van der Waals surface area (Å²) in [4.78, 5) is 55.7. The van der Waals surface area contributed by atoms with E-state index in [-0.39, 0.29) is 36.7 Å². The van der Waals surface area contributed by atoms with Crippen LogP contribution in [0.2, 0.25) is 0 Å². The molecule has 3 fully saturated rings. The summed E-state index contributed by atoms with van der Waals surface area (Å²) in [5.41, 5.74) is 0.827. The Balaban J connectivity index is 1.44. The Morgan fingerprint density at radius 3 is 2.42 bits per heavy atom. The van der Waals surface area contributed by atoms with Crippen molar-refractivity contribution in [2.24, 2.45) is 5.92 Å². The number of amides is 3. The Bertz CT molecular complexity index is 862. The third kappa shape index (κ3) is 4.35. The largest absolute Gasteiger partial charge is 0.462 e. The van der Waals surface area contributed by atoms with Gasteiger partial charge in [-0.25, -0.2) is 9.69 Å². The highest BCUT2D eigenvalue weighted by Crippen LogP contribution is 2.30. The van der Waals surface area contributed by atoms with Gasteiger partial charge < -0.3 is 9.64 Å². The molecule has 0 saturated carbocycles. The lowest BCUT2D eigenvalue weighted by Gasteiger charge is -2.36. The second-order valence-corrected chi connectivity index (χ2v) is 8.42. The van der Waals surface area contributed by atoms with E-state index in [0.29, 0.717) is 24.3 Å². The fraction of sp³-hybridized carbons (Fsp3) is 0.565. The zero-order valence-electron chi connectivity index (χ0n) is 17.9. The molecule has 3 aliphatic rings. The number of piperidine rings is 1. The van der Waals surface area contributed by atoms with Crippen molar-refractivity contribution in [2.75, 3.05) is 37.7 Å². The molecule has 0 radical (unpaired) electrons. The highest BCUT2D eigenvalue weighted by Gasteiger charge is 2.44. The second kappa shape index (κ2) is 9.18. The van der Waals surface area contributed by atoms with E-state index >= 15 is 0 Å². The van der Waals surface area contributed by atoms with Gasteiger partial charge in [-0.3, -0.25) is 19.3 Å². The molecule has 8 nitrogen and oxygen atoms in total. The molecule has 0 bridgehead atoms. The van der Waals surface area contributed by atoms with Crippen LogP contribution in [0.4, 0.5) is 5.69 Å². The minimum atomic E-state index is -0.536. The summed E-state index contributed by atoms with van der Waals surface area (Å²) >= 11 is 0. The summed E-state index contributed by atoms with van der Waals surface area (Å²) in [7, 11) is 0. The standard InChI is InChI=1S/C23H29N3O5/c1-2-31-23(30)16-7-9-18(10-8-16)26-20(27)14-19(22(26)29)25-13-5-6-17(15-25)21(28)24-11-3-4-12-24/h7-10,17,19H,2-6,11-15H2,1H3. The van der Waals surface area contributed by atoms with E-state index in [9.17, 15) is 19.2 Å². The molecule has 0 aromatic heterocycles. The SMILES string of the molecule is CCOC(=O)c1ccc(N2C(=O)CC(N3CCCC(C(=O)N4CCCC4)C3)C2=O)cc1. The number of hydrogen-bond donors (Lipinski definition) is 0. The van der Waals surface area contributed by atoms with Gasteiger partial charge in [0.1, 0.15) is 0 Å². The Kier molecular flexibility index (Phi) is 6.36. The number of carbonyl (C=O) groups excluding carboxylic acids is 4. The fourth-order valence-corrected chi connectivity index (χ4v) is 4.82. The van der Waals surface area contributed by atoms with Gasteiger partial charge in [0.2, 0.25) is 11.8 Å². The summed E-state index contributed by atoms with van der Waals surface area (Å²) in [6, 6.07) is 5.78.